The second-order valence-electron chi connectivity index (χ2n) is 9.49. The molecule has 0 amide bonds. The van der Waals surface area contributed by atoms with Crippen molar-refractivity contribution in [3.63, 3.8) is 0 Å². The predicted octanol–water partition coefficient (Wildman–Crippen LogP) is 8.79. The van der Waals surface area contributed by atoms with E-state index < -0.39 is 23.3 Å². The zero-order chi connectivity index (χ0) is 25.7. The molecule has 1 aliphatic rings. The molecule has 1 saturated heterocycles. The van der Waals surface area contributed by atoms with Crippen LogP contribution in [0.25, 0.3) is 17.2 Å². The lowest BCUT2D eigenvalue weighted by molar-refractivity contribution is -0.00181. The first-order chi connectivity index (χ1) is 17.4. The van der Waals surface area contributed by atoms with Gasteiger partial charge in [-0.05, 0) is 61.3 Å². The van der Waals surface area contributed by atoms with Gasteiger partial charge in [0, 0.05) is 17.0 Å². The van der Waals surface area contributed by atoms with Crippen LogP contribution in [0, 0.1) is 23.3 Å². The number of allylic oxidation sites excluding steroid dienone is 1. The van der Waals surface area contributed by atoms with E-state index in [1.165, 1.54) is 24.3 Å². The molecule has 1 aliphatic heterocycles. The van der Waals surface area contributed by atoms with Gasteiger partial charge < -0.3 is 4.74 Å². The van der Waals surface area contributed by atoms with E-state index in [9.17, 15) is 4.39 Å². The third-order valence-corrected chi connectivity index (χ3v) is 7.01. The average molecular weight is 497 g/mol. The molecular weight excluding hydrogens is 464 g/mol. The van der Waals surface area contributed by atoms with Gasteiger partial charge in [-0.25, -0.2) is 17.6 Å². The fourth-order valence-corrected chi connectivity index (χ4v) is 4.95. The van der Waals surface area contributed by atoms with Crippen molar-refractivity contribution in [1.29, 1.82) is 0 Å². The molecule has 0 aromatic heterocycles. The van der Waals surface area contributed by atoms with E-state index >= 15 is 13.2 Å². The van der Waals surface area contributed by atoms with Crippen LogP contribution >= 0.6 is 0 Å². The molecule has 0 saturated carbocycles. The van der Waals surface area contributed by atoms with Crippen molar-refractivity contribution in [2.75, 3.05) is 6.61 Å². The number of ether oxygens (including phenoxy) is 1. The monoisotopic (exact) mass is 496 g/mol. The van der Waals surface area contributed by atoms with Crippen molar-refractivity contribution in [2.24, 2.45) is 0 Å². The second-order valence-corrected chi connectivity index (χ2v) is 9.49. The molecule has 0 radical (unpaired) electrons. The van der Waals surface area contributed by atoms with Gasteiger partial charge in [-0.15, -0.1) is 0 Å². The Morgan fingerprint density at radius 3 is 2.14 bits per heavy atom. The molecule has 190 valence electrons. The van der Waals surface area contributed by atoms with Crippen molar-refractivity contribution in [3.05, 3.63) is 100 Å². The van der Waals surface area contributed by atoms with E-state index in [2.05, 4.69) is 6.92 Å². The Morgan fingerprint density at radius 1 is 0.806 bits per heavy atom. The molecule has 3 aromatic rings. The highest BCUT2D eigenvalue weighted by Gasteiger charge is 2.27. The number of rotatable bonds is 8. The van der Waals surface area contributed by atoms with Crippen molar-refractivity contribution >= 4 is 6.08 Å². The molecule has 5 heteroatoms. The summed E-state index contributed by atoms with van der Waals surface area (Å²) in [4.78, 5) is 0. The summed E-state index contributed by atoms with van der Waals surface area (Å²) < 4.78 is 65.8. The summed E-state index contributed by atoms with van der Waals surface area (Å²) in [6.45, 7) is 4.36. The molecule has 0 bridgehead atoms. The molecule has 0 spiro atoms. The maximum atomic E-state index is 15.1. The smallest absolute Gasteiger partial charge is 0.167 e. The normalized spacial score (nSPS) is 18.2. The Kier molecular flexibility index (Phi) is 8.63. The number of halogens is 4. The minimum absolute atomic E-state index is 0.159. The number of aryl methyl sites for hydroxylation is 2. The number of benzene rings is 3. The summed E-state index contributed by atoms with van der Waals surface area (Å²) in [6.07, 6.45) is 8.38. The molecule has 0 aliphatic carbocycles. The zero-order valence-corrected chi connectivity index (χ0v) is 20.8. The predicted molar refractivity (Wildman–Crippen MR) is 137 cm³/mol. The summed E-state index contributed by atoms with van der Waals surface area (Å²) >= 11 is 0. The Morgan fingerprint density at radius 2 is 1.50 bits per heavy atom. The molecule has 0 N–H and O–H groups in total. The van der Waals surface area contributed by atoms with Crippen LogP contribution in [0.3, 0.4) is 0 Å². The number of hydrogen-bond donors (Lipinski definition) is 0. The average Bonchev–Trinajstić information content (AvgIpc) is 2.89. The van der Waals surface area contributed by atoms with Gasteiger partial charge in [-0.2, -0.15) is 0 Å². The molecule has 1 nitrogen and oxygen atoms in total. The lowest BCUT2D eigenvalue weighted by Crippen LogP contribution is -2.25. The van der Waals surface area contributed by atoms with Crippen LogP contribution in [0.1, 0.15) is 67.7 Å². The molecule has 36 heavy (non-hydrogen) atoms. The number of hydrogen-bond acceptors (Lipinski definition) is 1. The van der Waals surface area contributed by atoms with Gasteiger partial charge in [0.25, 0.3) is 0 Å². The van der Waals surface area contributed by atoms with Gasteiger partial charge in [0.05, 0.1) is 12.7 Å². The fourth-order valence-electron chi connectivity index (χ4n) is 4.95. The molecular formula is C31H32F4O. The summed E-state index contributed by atoms with van der Waals surface area (Å²) in [5, 5.41) is 0. The molecule has 3 aromatic carbocycles. The Balaban J connectivity index is 1.50. The van der Waals surface area contributed by atoms with Crippen molar-refractivity contribution < 1.29 is 22.3 Å². The minimum atomic E-state index is -1.16. The summed E-state index contributed by atoms with van der Waals surface area (Å²) in [6, 6.07) is 13.5. The van der Waals surface area contributed by atoms with E-state index in [0.717, 1.165) is 30.4 Å². The van der Waals surface area contributed by atoms with Gasteiger partial charge in [0.2, 0.25) is 0 Å². The standard InChI is InChI=1S/C31H32F4O/c1-3-5-20-7-9-21(10-8-20)11-12-22-14-16-26(30(34)28(22)32)27-18-17-25(29(33)31(27)35)23-13-15-24(6-4-2)36-19-23/h3,5,7-10,14,16-18,23-24H,4,6,11-13,15,19H2,1-2H3. The van der Waals surface area contributed by atoms with Crippen LogP contribution in [0.15, 0.2) is 54.6 Å². The highest BCUT2D eigenvalue weighted by molar-refractivity contribution is 5.66. The largest absolute Gasteiger partial charge is 0.378 e. The lowest BCUT2D eigenvalue weighted by Gasteiger charge is -2.29. The van der Waals surface area contributed by atoms with Crippen LogP contribution in [-0.2, 0) is 17.6 Å². The highest BCUT2D eigenvalue weighted by atomic mass is 19.2. The third-order valence-electron chi connectivity index (χ3n) is 7.01. The lowest BCUT2D eigenvalue weighted by atomic mass is 9.88. The van der Waals surface area contributed by atoms with Crippen LogP contribution in [0.5, 0.6) is 0 Å². The first-order valence-corrected chi connectivity index (χ1v) is 12.7. The fraction of sp³-hybridized carbons (Fsp3) is 0.355. The Bertz CT molecular complexity index is 1210. The minimum Gasteiger partial charge on any atom is -0.378 e. The summed E-state index contributed by atoms with van der Waals surface area (Å²) in [5.74, 6) is -4.61. The van der Waals surface area contributed by atoms with Gasteiger partial charge >= 0.3 is 0 Å². The maximum absolute atomic E-state index is 15.1. The summed E-state index contributed by atoms with van der Waals surface area (Å²) in [7, 11) is 0. The second kappa shape index (κ2) is 11.9. The SMILES string of the molecule is CC=Cc1ccc(CCc2ccc(-c3ccc(C4CCC(CCC)OC4)c(F)c3F)c(F)c2F)cc1. The molecule has 2 unspecified atom stereocenters. The van der Waals surface area contributed by atoms with E-state index in [1.807, 2.05) is 43.3 Å². The highest BCUT2D eigenvalue weighted by Crippen LogP contribution is 2.36. The molecule has 1 fully saturated rings. The topological polar surface area (TPSA) is 9.23 Å². The first-order valence-electron chi connectivity index (χ1n) is 12.7. The molecule has 4 rings (SSSR count). The Hall–Kier alpha value is -2.92. The third kappa shape index (κ3) is 5.73. The van der Waals surface area contributed by atoms with Gasteiger partial charge in [-0.3, -0.25) is 0 Å². The maximum Gasteiger partial charge on any atom is 0.167 e. The van der Waals surface area contributed by atoms with Gasteiger partial charge in [0.15, 0.2) is 23.3 Å². The van der Waals surface area contributed by atoms with Crippen molar-refractivity contribution in [3.8, 4) is 11.1 Å². The van der Waals surface area contributed by atoms with Gasteiger partial charge in [0.1, 0.15) is 0 Å². The van der Waals surface area contributed by atoms with E-state index in [4.69, 9.17) is 4.74 Å². The van der Waals surface area contributed by atoms with E-state index in [0.29, 0.717) is 25.9 Å². The van der Waals surface area contributed by atoms with Crippen molar-refractivity contribution in [2.45, 2.75) is 64.4 Å². The Labute approximate surface area is 210 Å². The van der Waals surface area contributed by atoms with Crippen LogP contribution in [0.2, 0.25) is 0 Å². The zero-order valence-electron chi connectivity index (χ0n) is 20.8. The van der Waals surface area contributed by atoms with Crippen molar-refractivity contribution in [1.82, 2.24) is 0 Å². The van der Waals surface area contributed by atoms with Crippen LogP contribution < -0.4 is 0 Å². The molecule has 2 atom stereocenters. The van der Waals surface area contributed by atoms with Gasteiger partial charge in [-0.1, -0.05) is 74.0 Å². The molecule has 1 heterocycles. The van der Waals surface area contributed by atoms with Crippen LogP contribution in [-0.4, -0.2) is 12.7 Å². The quantitative estimate of drug-likeness (QED) is 0.283. The van der Waals surface area contributed by atoms with E-state index in [-0.39, 0.29) is 34.3 Å². The van der Waals surface area contributed by atoms with E-state index in [1.54, 1.807) is 0 Å². The van der Waals surface area contributed by atoms with Crippen LogP contribution in [0.4, 0.5) is 17.6 Å². The summed E-state index contributed by atoms with van der Waals surface area (Å²) in [5.41, 5.74) is 1.94. The first kappa shape index (κ1) is 26.2.